The van der Waals surface area contributed by atoms with Gasteiger partial charge in [-0.1, -0.05) is 19.2 Å². The largest absolute Gasteiger partial charge is 0.508 e. The van der Waals surface area contributed by atoms with Crippen molar-refractivity contribution in [3.8, 4) is 5.75 Å². The summed E-state index contributed by atoms with van der Waals surface area (Å²) in [5.74, 6) is -0.498. The zero-order valence-electron chi connectivity index (χ0n) is 10.5. The second-order valence-electron chi connectivity index (χ2n) is 3.81. The molecule has 0 aromatic heterocycles. The van der Waals surface area contributed by atoms with E-state index < -0.39 is 0 Å². The van der Waals surface area contributed by atoms with E-state index in [1.807, 2.05) is 0 Å². The van der Waals surface area contributed by atoms with Crippen LogP contribution in [-0.2, 0) is 22.7 Å². The van der Waals surface area contributed by atoms with Crippen molar-refractivity contribution in [2.75, 3.05) is 0 Å². The van der Waals surface area contributed by atoms with E-state index in [4.69, 9.17) is 0 Å². The lowest BCUT2D eigenvalue weighted by molar-refractivity contribution is -0.117. The molecule has 5 nitrogen and oxygen atoms in total. The van der Waals surface area contributed by atoms with E-state index in [0.717, 1.165) is 11.6 Å². The van der Waals surface area contributed by atoms with E-state index in [0.29, 0.717) is 12.1 Å². The maximum Gasteiger partial charge on any atom is 0.243 e. The monoisotopic (exact) mass is 260 g/mol. The number of rotatable bonds is 6. The van der Waals surface area contributed by atoms with Gasteiger partial charge in [-0.25, -0.2) is 0 Å². The summed E-state index contributed by atoms with van der Waals surface area (Å²) in [6.45, 7) is 7.21. The van der Waals surface area contributed by atoms with Crippen molar-refractivity contribution in [1.29, 1.82) is 0 Å². The van der Waals surface area contributed by atoms with Crippen LogP contribution in [-0.4, -0.2) is 16.9 Å². The Bertz CT molecular complexity index is 509. The van der Waals surface area contributed by atoms with Gasteiger partial charge in [-0.2, -0.15) is 0 Å². The molecule has 0 bridgehead atoms. The normalized spacial score (nSPS) is 9.47. The fraction of sp³-hybridized carbons (Fsp3) is 0.143. The Morgan fingerprint density at radius 2 is 1.68 bits per heavy atom. The van der Waals surface area contributed by atoms with Crippen LogP contribution < -0.4 is 10.6 Å². The molecule has 0 fully saturated rings. The topological polar surface area (TPSA) is 78.4 Å². The molecule has 0 aliphatic rings. The van der Waals surface area contributed by atoms with Gasteiger partial charge in [0.2, 0.25) is 11.8 Å². The van der Waals surface area contributed by atoms with Crippen LogP contribution in [0.1, 0.15) is 11.1 Å². The molecular weight excluding hydrogens is 244 g/mol. The van der Waals surface area contributed by atoms with Crippen LogP contribution in [0.25, 0.3) is 0 Å². The molecule has 0 aliphatic heterocycles. The van der Waals surface area contributed by atoms with Crippen molar-refractivity contribution in [3.63, 3.8) is 0 Å². The average molecular weight is 260 g/mol. The summed E-state index contributed by atoms with van der Waals surface area (Å²) in [6.07, 6.45) is 2.34. The molecule has 5 heteroatoms. The van der Waals surface area contributed by atoms with Crippen LogP contribution >= 0.6 is 0 Å². The molecule has 0 atom stereocenters. The summed E-state index contributed by atoms with van der Waals surface area (Å²) < 4.78 is 0. The fourth-order valence-corrected chi connectivity index (χ4v) is 1.41. The summed E-state index contributed by atoms with van der Waals surface area (Å²) >= 11 is 0. The van der Waals surface area contributed by atoms with Gasteiger partial charge in [0.25, 0.3) is 0 Å². The van der Waals surface area contributed by atoms with Gasteiger partial charge >= 0.3 is 0 Å². The SMILES string of the molecule is C=CC(=O)NCc1ccc(O)c(CNC(=O)C=C)c1. The summed E-state index contributed by atoms with van der Waals surface area (Å²) in [5, 5.41) is 14.9. The third kappa shape index (κ3) is 4.67. The first-order valence-corrected chi connectivity index (χ1v) is 5.68. The predicted molar refractivity (Wildman–Crippen MR) is 72.2 cm³/mol. The Hall–Kier alpha value is -2.56. The average Bonchev–Trinajstić information content (AvgIpc) is 2.44. The number of phenols is 1. The third-order valence-electron chi connectivity index (χ3n) is 2.43. The van der Waals surface area contributed by atoms with Crippen molar-refractivity contribution in [1.82, 2.24) is 10.6 Å². The molecule has 1 aromatic rings. The van der Waals surface area contributed by atoms with Crippen LogP contribution in [0.3, 0.4) is 0 Å². The number of amides is 2. The number of hydrogen-bond donors (Lipinski definition) is 3. The third-order valence-corrected chi connectivity index (χ3v) is 2.43. The van der Waals surface area contributed by atoms with E-state index in [9.17, 15) is 14.7 Å². The van der Waals surface area contributed by atoms with Crippen LogP contribution in [0.2, 0.25) is 0 Å². The lowest BCUT2D eigenvalue weighted by Gasteiger charge is -2.09. The van der Waals surface area contributed by atoms with Crippen molar-refractivity contribution >= 4 is 11.8 Å². The maximum absolute atomic E-state index is 11.1. The van der Waals surface area contributed by atoms with Gasteiger partial charge in [-0.3, -0.25) is 9.59 Å². The Kier molecular flexibility index (Phi) is 5.35. The van der Waals surface area contributed by atoms with Gasteiger partial charge in [-0.15, -0.1) is 0 Å². The molecule has 0 spiro atoms. The first-order chi connectivity index (χ1) is 9.06. The molecule has 0 saturated heterocycles. The van der Waals surface area contributed by atoms with Crippen molar-refractivity contribution < 1.29 is 14.7 Å². The highest BCUT2D eigenvalue weighted by molar-refractivity contribution is 5.87. The molecule has 1 rings (SSSR count). The van der Waals surface area contributed by atoms with Gasteiger partial charge in [0.15, 0.2) is 0 Å². The van der Waals surface area contributed by atoms with Gasteiger partial charge in [0, 0.05) is 18.7 Å². The maximum atomic E-state index is 11.1. The van der Waals surface area contributed by atoms with E-state index >= 15 is 0 Å². The molecule has 0 saturated carbocycles. The van der Waals surface area contributed by atoms with Crippen LogP contribution in [0, 0.1) is 0 Å². The molecule has 0 heterocycles. The zero-order chi connectivity index (χ0) is 14.3. The van der Waals surface area contributed by atoms with Gasteiger partial charge < -0.3 is 15.7 Å². The number of benzene rings is 1. The number of hydrogen-bond acceptors (Lipinski definition) is 3. The molecule has 19 heavy (non-hydrogen) atoms. The Labute approximate surface area is 111 Å². The quantitative estimate of drug-likeness (QED) is 0.668. The number of nitrogens with one attached hydrogen (secondary N) is 2. The molecule has 2 amide bonds. The fourth-order valence-electron chi connectivity index (χ4n) is 1.41. The summed E-state index contributed by atoms with van der Waals surface area (Å²) in [4.78, 5) is 22.1. The zero-order valence-corrected chi connectivity index (χ0v) is 10.5. The van der Waals surface area contributed by atoms with Gasteiger partial charge in [0.1, 0.15) is 5.75 Å². The molecular formula is C14H16N2O3. The molecule has 0 aliphatic carbocycles. The number of phenolic OH excluding ortho intramolecular Hbond substituents is 1. The highest BCUT2D eigenvalue weighted by atomic mass is 16.3. The molecule has 100 valence electrons. The van der Waals surface area contributed by atoms with Crippen molar-refractivity contribution in [2.45, 2.75) is 13.1 Å². The van der Waals surface area contributed by atoms with E-state index in [2.05, 4.69) is 23.8 Å². The summed E-state index contributed by atoms with van der Waals surface area (Å²) in [7, 11) is 0. The summed E-state index contributed by atoms with van der Waals surface area (Å²) in [5.41, 5.74) is 1.39. The first kappa shape index (κ1) is 14.5. The number of aromatic hydroxyl groups is 1. The molecule has 3 N–H and O–H groups in total. The molecule has 0 unspecified atom stereocenters. The van der Waals surface area contributed by atoms with Crippen LogP contribution in [0.15, 0.2) is 43.5 Å². The minimum absolute atomic E-state index is 0.0863. The van der Waals surface area contributed by atoms with Crippen LogP contribution in [0.5, 0.6) is 5.75 Å². The lowest BCUT2D eigenvalue weighted by Crippen LogP contribution is -2.21. The van der Waals surface area contributed by atoms with Crippen molar-refractivity contribution in [3.05, 3.63) is 54.6 Å². The van der Waals surface area contributed by atoms with Crippen LogP contribution in [0.4, 0.5) is 0 Å². The summed E-state index contributed by atoms with van der Waals surface area (Å²) in [6, 6.07) is 4.92. The highest BCUT2D eigenvalue weighted by Crippen LogP contribution is 2.18. The Morgan fingerprint density at radius 1 is 1.11 bits per heavy atom. The molecule has 0 radical (unpaired) electrons. The molecule has 1 aromatic carbocycles. The number of carbonyl (C=O) groups excluding carboxylic acids is 2. The second-order valence-corrected chi connectivity index (χ2v) is 3.81. The highest BCUT2D eigenvalue weighted by Gasteiger charge is 2.05. The predicted octanol–water partition coefficient (Wildman–Crippen LogP) is 0.997. The minimum atomic E-state index is -0.315. The Balaban J connectivity index is 2.70. The second kappa shape index (κ2) is 7.00. The smallest absolute Gasteiger partial charge is 0.243 e. The minimum Gasteiger partial charge on any atom is -0.508 e. The number of carbonyl (C=O) groups is 2. The van der Waals surface area contributed by atoms with E-state index in [1.54, 1.807) is 12.1 Å². The van der Waals surface area contributed by atoms with E-state index in [1.165, 1.54) is 12.1 Å². The Morgan fingerprint density at radius 3 is 2.26 bits per heavy atom. The van der Waals surface area contributed by atoms with Crippen molar-refractivity contribution in [2.24, 2.45) is 0 Å². The van der Waals surface area contributed by atoms with Gasteiger partial charge in [-0.05, 0) is 29.8 Å². The lowest BCUT2D eigenvalue weighted by atomic mass is 10.1. The standard InChI is InChI=1S/C14H16N2O3/c1-3-13(18)15-8-10-5-6-12(17)11(7-10)9-16-14(19)4-2/h3-7,17H,1-2,8-9H2,(H,15,18)(H,16,19). The van der Waals surface area contributed by atoms with Gasteiger partial charge in [0.05, 0.1) is 0 Å². The first-order valence-electron chi connectivity index (χ1n) is 5.68. The van der Waals surface area contributed by atoms with E-state index in [-0.39, 0.29) is 24.1 Å².